The number of aliphatic hydroxyl groups excluding tert-OH is 3. The molecule has 5 rings (SSSR count). The number of phenolic OH excluding ortho intramolecular Hbond substituents is 2. The van der Waals surface area contributed by atoms with Gasteiger partial charge < -0.3 is 44.5 Å². The van der Waals surface area contributed by atoms with Crippen molar-refractivity contribution in [1.29, 1.82) is 0 Å². The zero-order valence-electron chi connectivity index (χ0n) is 21.6. The number of carbonyl (C=O) groups excluding carboxylic acids is 1. The SMILES string of the molecule is COc1c(O)c(CN2CCN(CCOc3ccccc3)CC2)c2c(c1O)C1O[C@H](CO)[C@@H](O)[C@H](O)C1OC2=O. The van der Waals surface area contributed by atoms with E-state index in [1.165, 1.54) is 7.11 Å². The number of esters is 1. The number of piperazine rings is 1. The smallest absolute Gasteiger partial charge is 0.339 e. The van der Waals surface area contributed by atoms with Crippen molar-refractivity contribution in [3.63, 3.8) is 0 Å². The number of nitrogens with zero attached hydrogens (tertiary/aromatic N) is 2. The Labute approximate surface area is 225 Å². The average Bonchev–Trinajstić information content (AvgIpc) is 2.94. The molecule has 5 N–H and O–H groups in total. The summed E-state index contributed by atoms with van der Waals surface area (Å²) in [6, 6.07) is 9.61. The largest absolute Gasteiger partial charge is 0.504 e. The Morgan fingerprint density at radius 2 is 1.69 bits per heavy atom. The normalized spacial score (nSPS) is 27.4. The fourth-order valence-corrected chi connectivity index (χ4v) is 5.47. The zero-order valence-corrected chi connectivity index (χ0v) is 21.6. The van der Waals surface area contributed by atoms with Crippen LogP contribution < -0.4 is 9.47 Å². The second-order valence-electron chi connectivity index (χ2n) is 9.91. The third-order valence-corrected chi connectivity index (χ3v) is 7.61. The van der Waals surface area contributed by atoms with E-state index in [1.807, 2.05) is 30.3 Å². The number of phenols is 2. The first-order valence-corrected chi connectivity index (χ1v) is 12.9. The van der Waals surface area contributed by atoms with E-state index in [9.17, 15) is 30.3 Å². The number of para-hydroxylation sites is 1. The number of carbonyl (C=O) groups is 1. The molecular formula is C27H34N2O10. The number of ether oxygens (including phenoxy) is 4. The maximum atomic E-state index is 13.2. The maximum absolute atomic E-state index is 13.2. The molecular weight excluding hydrogens is 512 g/mol. The number of hydrogen-bond acceptors (Lipinski definition) is 12. The summed E-state index contributed by atoms with van der Waals surface area (Å²) in [5, 5.41) is 52.5. The zero-order chi connectivity index (χ0) is 27.7. The Morgan fingerprint density at radius 1 is 1.00 bits per heavy atom. The molecule has 0 amide bonds. The molecule has 0 radical (unpaired) electrons. The van der Waals surface area contributed by atoms with Gasteiger partial charge in [-0.25, -0.2) is 4.79 Å². The molecule has 3 aliphatic heterocycles. The molecule has 212 valence electrons. The minimum atomic E-state index is -1.56. The van der Waals surface area contributed by atoms with Gasteiger partial charge in [0.1, 0.15) is 36.8 Å². The van der Waals surface area contributed by atoms with E-state index in [-0.39, 0.29) is 29.0 Å². The molecule has 0 spiro atoms. The highest BCUT2D eigenvalue weighted by Crippen LogP contribution is 2.52. The summed E-state index contributed by atoms with van der Waals surface area (Å²) in [6.07, 6.45) is -6.74. The van der Waals surface area contributed by atoms with Crippen LogP contribution in [-0.2, 0) is 16.0 Å². The molecule has 2 unspecified atom stereocenters. The Balaban J connectivity index is 1.34. The first-order chi connectivity index (χ1) is 18.8. The van der Waals surface area contributed by atoms with E-state index in [2.05, 4.69) is 9.80 Å². The van der Waals surface area contributed by atoms with Crippen molar-refractivity contribution in [3.8, 4) is 23.0 Å². The Bertz CT molecular complexity index is 1170. The number of rotatable bonds is 8. The fraction of sp³-hybridized carbons (Fsp3) is 0.519. The first-order valence-electron chi connectivity index (χ1n) is 12.9. The summed E-state index contributed by atoms with van der Waals surface area (Å²) in [7, 11) is 1.27. The topological polar surface area (TPSA) is 162 Å². The van der Waals surface area contributed by atoms with Crippen LogP contribution in [-0.4, -0.2) is 119 Å². The van der Waals surface area contributed by atoms with Crippen molar-refractivity contribution in [3.05, 3.63) is 47.0 Å². The molecule has 3 heterocycles. The molecule has 0 saturated carbocycles. The van der Waals surface area contributed by atoms with Crippen LogP contribution in [0.2, 0.25) is 0 Å². The minimum Gasteiger partial charge on any atom is -0.504 e. The highest BCUT2D eigenvalue weighted by Gasteiger charge is 2.53. The Kier molecular flexibility index (Phi) is 8.12. The third kappa shape index (κ3) is 5.23. The molecule has 39 heavy (non-hydrogen) atoms. The lowest BCUT2D eigenvalue weighted by atomic mass is 9.84. The van der Waals surface area contributed by atoms with Gasteiger partial charge in [-0.1, -0.05) is 18.2 Å². The van der Waals surface area contributed by atoms with Crippen LogP contribution in [0.4, 0.5) is 0 Å². The molecule has 12 nitrogen and oxygen atoms in total. The number of aliphatic hydroxyl groups is 3. The summed E-state index contributed by atoms with van der Waals surface area (Å²) in [6.45, 7) is 3.67. The summed E-state index contributed by atoms with van der Waals surface area (Å²) >= 11 is 0. The summed E-state index contributed by atoms with van der Waals surface area (Å²) in [5.41, 5.74) is 0.113. The van der Waals surface area contributed by atoms with E-state index < -0.39 is 54.6 Å². The van der Waals surface area contributed by atoms with Gasteiger partial charge in [-0.05, 0) is 12.1 Å². The maximum Gasteiger partial charge on any atom is 0.339 e. The van der Waals surface area contributed by atoms with Gasteiger partial charge in [-0.15, -0.1) is 0 Å². The van der Waals surface area contributed by atoms with E-state index in [1.54, 1.807) is 0 Å². The minimum absolute atomic E-state index is 0.0120. The molecule has 0 bridgehead atoms. The monoisotopic (exact) mass is 546 g/mol. The lowest BCUT2D eigenvalue weighted by Crippen LogP contribution is -2.58. The van der Waals surface area contributed by atoms with Crippen molar-refractivity contribution in [2.75, 3.05) is 53.0 Å². The lowest BCUT2D eigenvalue weighted by molar-refractivity contribution is -0.235. The van der Waals surface area contributed by atoms with E-state index in [4.69, 9.17) is 18.9 Å². The number of fused-ring (bicyclic) bond motifs is 3. The first kappa shape index (κ1) is 27.4. The van der Waals surface area contributed by atoms with Gasteiger partial charge in [0.2, 0.25) is 5.75 Å². The van der Waals surface area contributed by atoms with Crippen LogP contribution in [0, 0.1) is 0 Å². The number of benzene rings is 2. The van der Waals surface area contributed by atoms with Crippen LogP contribution in [0.3, 0.4) is 0 Å². The quantitative estimate of drug-likeness (QED) is 0.282. The second kappa shape index (κ2) is 11.5. The Morgan fingerprint density at radius 3 is 2.36 bits per heavy atom. The molecule has 2 saturated heterocycles. The highest BCUT2D eigenvalue weighted by atomic mass is 16.6. The molecule has 5 atom stereocenters. The molecule has 2 fully saturated rings. The third-order valence-electron chi connectivity index (χ3n) is 7.61. The van der Waals surface area contributed by atoms with E-state index >= 15 is 0 Å². The van der Waals surface area contributed by atoms with Crippen molar-refractivity contribution in [1.82, 2.24) is 9.80 Å². The van der Waals surface area contributed by atoms with Crippen LogP contribution in [0.25, 0.3) is 0 Å². The van der Waals surface area contributed by atoms with Gasteiger partial charge in [0, 0.05) is 50.4 Å². The lowest BCUT2D eigenvalue weighted by Gasteiger charge is -2.45. The number of aromatic hydroxyl groups is 2. The van der Waals surface area contributed by atoms with Crippen LogP contribution in [0.15, 0.2) is 30.3 Å². The van der Waals surface area contributed by atoms with Crippen LogP contribution >= 0.6 is 0 Å². The molecule has 12 heteroatoms. The van der Waals surface area contributed by atoms with Gasteiger partial charge in [-0.2, -0.15) is 0 Å². The number of hydrogen-bond donors (Lipinski definition) is 5. The van der Waals surface area contributed by atoms with Crippen molar-refractivity contribution < 1.29 is 49.3 Å². The Hall–Kier alpha value is -3.13. The van der Waals surface area contributed by atoms with Crippen molar-refractivity contribution in [2.45, 2.75) is 37.1 Å². The van der Waals surface area contributed by atoms with E-state index in [0.29, 0.717) is 19.7 Å². The van der Waals surface area contributed by atoms with Gasteiger partial charge >= 0.3 is 5.97 Å². The van der Waals surface area contributed by atoms with Gasteiger partial charge in [0.05, 0.1) is 19.3 Å². The van der Waals surface area contributed by atoms with Gasteiger partial charge in [-0.3, -0.25) is 9.80 Å². The second-order valence-corrected chi connectivity index (χ2v) is 9.91. The summed E-state index contributed by atoms with van der Waals surface area (Å²) in [4.78, 5) is 17.5. The van der Waals surface area contributed by atoms with Crippen LogP contribution in [0.5, 0.6) is 23.0 Å². The molecule has 2 aromatic rings. The van der Waals surface area contributed by atoms with Crippen LogP contribution in [0.1, 0.15) is 27.6 Å². The standard InChI is InChI=1S/C27H34N2O10/c1-36-25-20(31)16(13-29-9-7-28(8-10-29)11-12-37-15-5-3-2-4-6-15)18-19(22(25)33)24-26(39-27(18)35)23(34)21(32)17(14-30)38-24/h2-6,17,21,23-24,26,30-34H,7-14H2,1H3/t17-,21-,23+,24?,26?/m1/s1. The van der Waals surface area contributed by atoms with Crippen molar-refractivity contribution >= 4 is 5.97 Å². The van der Waals surface area contributed by atoms with Gasteiger partial charge in [0.25, 0.3) is 0 Å². The highest BCUT2D eigenvalue weighted by molar-refractivity contribution is 5.97. The van der Waals surface area contributed by atoms with Crippen molar-refractivity contribution in [2.24, 2.45) is 0 Å². The molecule has 2 aromatic carbocycles. The predicted molar refractivity (Wildman–Crippen MR) is 136 cm³/mol. The molecule has 3 aliphatic rings. The molecule has 0 aliphatic carbocycles. The predicted octanol–water partition coefficient (Wildman–Crippen LogP) is -0.00400. The average molecular weight is 547 g/mol. The number of methoxy groups -OCH3 is 1. The summed E-state index contributed by atoms with van der Waals surface area (Å²) in [5.74, 6) is -1.20. The fourth-order valence-electron chi connectivity index (χ4n) is 5.47. The van der Waals surface area contributed by atoms with E-state index in [0.717, 1.165) is 25.4 Å². The molecule has 0 aromatic heterocycles. The summed E-state index contributed by atoms with van der Waals surface area (Å²) < 4.78 is 22.3. The van der Waals surface area contributed by atoms with Gasteiger partial charge in [0.15, 0.2) is 17.6 Å².